The predicted octanol–water partition coefficient (Wildman–Crippen LogP) is 2.89. The molecule has 1 aliphatic carbocycles. The van der Waals surface area contributed by atoms with E-state index < -0.39 is 12.8 Å². The van der Waals surface area contributed by atoms with Crippen molar-refractivity contribution in [3.05, 3.63) is 24.0 Å². The Bertz CT molecular complexity index is 520. The lowest BCUT2D eigenvalue weighted by molar-refractivity contribution is -0.174. The van der Waals surface area contributed by atoms with E-state index in [1.165, 1.54) is 0 Å². The molecule has 3 rings (SSSR count). The third-order valence-electron chi connectivity index (χ3n) is 4.36. The van der Waals surface area contributed by atoms with Gasteiger partial charge in [0.05, 0.1) is 6.20 Å². The van der Waals surface area contributed by atoms with Crippen molar-refractivity contribution in [1.29, 1.82) is 0 Å². The third kappa shape index (κ3) is 5.07. The molecule has 23 heavy (non-hydrogen) atoms. The van der Waals surface area contributed by atoms with Crippen molar-refractivity contribution in [1.82, 2.24) is 10.3 Å². The fourth-order valence-electron chi connectivity index (χ4n) is 2.80. The quantitative estimate of drug-likeness (QED) is 0.745. The Balaban J connectivity index is 1.40. The Morgan fingerprint density at radius 1 is 1.30 bits per heavy atom. The van der Waals surface area contributed by atoms with Crippen LogP contribution in [-0.4, -0.2) is 43.6 Å². The summed E-state index contributed by atoms with van der Waals surface area (Å²) in [4.78, 5) is 4.21. The maximum absolute atomic E-state index is 12.0. The lowest BCUT2D eigenvalue weighted by Crippen LogP contribution is -2.46. The minimum Gasteiger partial charge on any atom is -0.490 e. The molecule has 0 aromatic carbocycles. The van der Waals surface area contributed by atoms with Gasteiger partial charge in [-0.25, -0.2) is 0 Å². The van der Waals surface area contributed by atoms with Gasteiger partial charge in [-0.3, -0.25) is 4.98 Å². The summed E-state index contributed by atoms with van der Waals surface area (Å²) in [7, 11) is 0. The van der Waals surface area contributed by atoms with Crippen LogP contribution in [-0.2, 0) is 4.74 Å². The maximum Gasteiger partial charge on any atom is 0.411 e. The summed E-state index contributed by atoms with van der Waals surface area (Å²) >= 11 is 0. The smallest absolute Gasteiger partial charge is 0.411 e. The standard InChI is InChI=1S/C16H21F3N2O2/c17-16(18,19)10-22-4-2-11-6-15(11)12-5-14(8-20-7-12)23-9-13-1-3-21-13/h5,7-8,11,13,15,21H,1-4,6,9-10H2. The van der Waals surface area contributed by atoms with Gasteiger partial charge < -0.3 is 14.8 Å². The second-order valence-electron chi connectivity index (χ2n) is 6.26. The van der Waals surface area contributed by atoms with Crippen LogP contribution in [0.15, 0.2) is 18.5 Å². The van der Waals surface area contributed by atoms with E-state index >= 15 is 0 Å². The van der Waals surface area contributed by atoms with E-state index in [0.717, 1.165) is 30.7 Å². The SMILES string of the molecule is FC(F)(F)COCCC1CC1c1cncc(OCC2CCN2)c1. The molecule has 3 atom stereocenters. The van der Waals surface area contributed by atoms with E-state index in [0.29, 0.717) is 30.9 Å². The van der Waals surface area contributed by atoms with E-state index in [4.69, 9.17) is 4.74 Å². The average Bonchev–Trinajstić information content (AvgIpc) is 3.21. The highest BCUT2D eigenvalue weighted by Gasteiger charge is 2.38. The number of pyridine rings is 1. The summed E-state index contributed by atoms with van der Waals surface area (Å²) in [5.41, 5.74) is 1.10. The summed E-state index contributed by atoms with van der Waals surface area (Å²) in [6, 6.07) is 2.42. The molecule has 128 valence electrons. The molecule has 2 heterocycles. The van der Waals surface area contributed by atoms with E-state index in [2.05, 4.69) is 15.0 Å². The molecule has 2 aliphatic rings. The highest BCUT2D eigenvalue weighted by molar-refractivity contribution is 5.30. The van der Waals surface area contributed by atoms with Crippen molar-refractivity contribution in [2.45, 2.75) is 37.4 Å². The normalized spacial score (nSPS) is 26.7. The highest BCUT2D eigenvalue weighted by atomic mass is 19.4. The fourth-order valence-corrected chi connectivity index (χ4v) is 2.80. The first kappa shape index (κ1) is 16.5. The number of nitrogens with zero attached hydrogens (tertiary/aromatic N) is 1. The number of ether oxygens (including phenoxy) is 2. The van der Waals surface area contributed by atoms with Crippen LogP contribution in [0.3, 0.4) is 0 Å². The predicted molar refractivity (Wildman–Crippen MR) is 78.5 cm³/mol. The minimum absolute atomic E-state index is 0.150. The highest BCUT2D eigenvalue weighted by Crippen LogP contribution is 2.49. The average molecular weight is 330 g/mol. The van der Waals surface area contributed by atoms with Crippen molar-refractivity contribution in [3.63, 3.8) is 0 Å². The van der Waals surface area contributed by atoms with Crippen LogP contribution in [0.25, 0.3) is 0 Å². The number of aromatic nitrogens is 1. The Morgan fingerprint density at radius 2 is 2.13 bits per heavy atom. The molecule has 0 spiro atoms. The molecular weight excluding hydrogens is 309 g/mol. The van der Waals surface area contributed by atoms with Crippen molar-refractivity contribution in [3.8, 4) is 5.75 Å². The molecule has 1 aromatic heterocycles. The molecule has 0 amide bonds. The lowest BCUT2D eigenvalue weighted by atomic mass is 10.1. The molecule has 1 aromatic rings. The van der Waals surface area contributed by atoms with Crippen LogP contribution in [0.4, 0.5) is 13.2 Å². The minimum atomic E-state index is -4.24. The number of alkyl halides is 3. The number of halogens is 3. The van der Waals surface area contributed by atoms with Crippen LogP contribution in [0.5, 0.6) is 5.75 Å². The van der Waals surface area contributed by atoms with Gasteiger partial charge in [0, 0.05) is 18.8 Å². The number of rotatable bonds is 8. The van der Waals surface area contributed by atoms with Gasteiger partial charge in [0.15, 0.2) is 0 Å². The van der Waals surface area contributed by atoms with Crippen LogP contribution >= 0.6 is 0 Å². The van der Waals surface area contributed by atoms with E-state index in [1.807, 2.05) is 12.3 Å². The largest absolute Gasteiger partial charge is 0.490 e. The molecule has 1 saturated heterocycles. The van der Waals surface area contributed by atoms with Gasteiger partial charge in [0.25, 0.3) is 0 Å². The van der Waals surface area contributed by atoms with Gasteiger partial charge in [-0.2, -0.15) is 13.2 Å². The van der Waals surface area contributed by atoms with Gasteiger partial charge >= 0.3 is 6.18 Å². The van der Waals surface area contributed by atoms with Crippen LogP contribution < -0.4 is 10.1 Å². The van der Waals surface area contributed by atoms with Gasteiger partial charge in [0.1, 0.15) is 19.0 Å². The molecule has 3 unspecified atom stereocenters. The number of hydrogen-bond donors (Lipinski definition) is 1. The Morgan fingerprint density at radius 3 is 2.83 bits per heavy atom. The van der Waals surface area contributed by atoms with E-state index in [-0.39, 0.29) is 6.61 Å². The van der Waals surface area contributed by atoms with Crippen molar-refractivity contribution >= 4 is 0 Å². The number of nitrogens with one attached hydrogen (secondary N) is 1. The summed E-state index contributed by atoms with van der Waals surface area (Å²) in [5.74, 6) is 1.51. The second kappa shape index (κ2) is 7.05. The fraction of sp³-hybridized carbons (Fsp3) is 0.688. The zero-order valence-corrected chi connectivity index (χ0v) is 12.8. The Hall–Kier alpha value is -1.34. The molecule has 1 N–H and O–H groups in total. The van der Waals surface area contributed by atoms with Gasteiger partial charge in [-0.15, -0.1) is 0 Å². The summed E-state index contributed by atoms with van der Waals surface area (Å²) < 4.78 is 46.4. The molecule has 1 saturated carbocycles. The molecular formula is C16H21F3N2O2. The van der Waals surface area contributed by atoms with Gasteiger partial charge in [-0.05, 0) is 49.3 Å². The van der Waals surface area contributed by atoms with Crippen molar-refractivity contribution in [2.24, 2.45) is 5.92 Å². The Labute approximate surface area is 133 Å². The molecule has 0 radical (unpaired) electrons. The summed E-state index contributed by atoms with van der Waals surface area (Å²) in [5, 5.41) is 3.27. The van der Waals surface area contributed by atoms with Crippen LogP contribution in [0.2, 0.25) is 0 Å². The van der Waals surface area contributed by atoms with Gasteiger partial charge in [0.2, 0.25) is 0 Å². The molecule has 1 aliphatic heterocycles. The summed E-state index contributed by atoms with van der Waals surface area (Å²) in [6.45, 7) is 0.680. The van der Waals surface area contributed by atoms with Crippen molar-refractivity contribution in [2.75, 3.05) is 26.4 Å². The number of hydrogen-bond acceptors (Lipinski definition) is 4. The first-order chi connectivity index (χ1) is 11.0. The Kier molecular flexibility index (Phi) is 5.06. The van der Waals surface area contributed by atoms with Crippen LogP contribution in [0, 0.1) is 5.92 Å². The molecule has 0 bridgehead atoms. The summed E-state index contributed by atoms with van der Waals surface area (Å²) in [6.07, 6.45) is 2.04. The second-order valence-corrected chi connectivity index (χ2v) is 6.26. The zero-order valence-electron chi connectivity index (χ0n) is 12.8. The van der Waals surface area contributed by atoms with Gasteiger partial charge in [-0.1, -0.05) is 0 Å². The maximum atomic E-state index is 12.0. The first-order valence-corrected chi connectivity index (χ1v) is 7.97. The third-order valence-corrected chi connectivity index (χ3v) is 4.36. The lowest BCUT2D eigenvalue weighted by Gasteiger charge is -2.27. The monoisotopic (exact) mass is 330 g/mol. The van der Waals surface area contributed by atoms with Crippen molar-refractivity contribution < 1.29 is 22.6 Å². The molecule has 2 fully saturated rings. The molecule has 4 nitrogen and oxygen atoms in total. The topological polar surface area (TPSA) is 43.4 Å². The van der Waals surface area contributed by atoms with E-state index in [9.17, 15) is 13.2 Å². The van der Waals surface area contributed by atoms with E-state index in [1.54, 1.807) is 6.20 Å². The zero-order chi connectivity index (χ0) is 16.3. The molecule has 7 heteroatoms. The van der Waals surface area contributed by atoms with Crippen LogP contribution in [0.1, 0.15) is 30.7 Å². The first-order valence-electron chi connectivity index (χ1n) is 7.97.